The molecule has 0 aliphatic rings. The Morgan fingerprint density at radius 3 is 1.28 bits per heavy atom. The van der Waals surface area contributed by atoms with Crippen LogP contribution in [0.5, 0.6) is 0 Å². The van der Waals surface area contributed by atoms with Crippen LogP contribution in [0.4, 0.5) is 0 Å². The first-order chi connectivity index (χ1) is 18.8. The molecule has 0 heterocycles. The van der Waals surface area contributed by atoms with Crippen molar-refractivity contribution >= 4 is 53.7 Å². The van der Waals surface area contributed by atoms with Gasteiger partial charge in [0.2, 0.25) is 0 Å². The number of benzene rings is 4. The Morgan fingerprint density at radius 1 is 0.462 bits per heavy atom. The van der Waals surface area contributed by atoms with E-state index in [1.807, 2.05) is 6.08 Å². The van der Waals surface area contributed by atoms with Gasteiger partial charge in [0.05, 0.1) is 0 Å². The SMILES string of the molecule is C=C[c-]1cccc1P(c1ccccc1)c1ccccc1.[Fe+2].c1ccc(P(c2ccccc2)[c-]2cccc2)cc1. The van der Waals surface area contributed by atoms with Crippen LogP contribution in [0.2, 0.25) is 0 Å². The van der Waals surface area contributed by atoms with Crippen LogP contribution in [-0.2, 0) is 17.1 Å². The molecule has 0 N–H and O–H groups in total. The second kappa shape index (κ2) is 14.7. The summed E-state index contributed by atoms with van der Waals surface area (Å²) in [5.41, 5.74) is 1.24. The van der Waals surface area contributed by atoms with E-state index in [4.69, 9.17) is 0 Å². The third kappa shape index (κ3) is 7.22. The molecule has 0 aliphatic carbocycles. The number of rotatable bonds is 7. The van der Waals surface area contributed by atoms with E-state index in [-0.39, 0.29) is 17.1 Å². The Bertz CT molecular complexity index is 1430. The molecule has 0 amide bonds. The zero-order valence-electron chi connectivity index (χ0n) is 21.6. The van der Waals surface area contributed by atoms with Gasteiger partial charge >= 0.3 is 17.1 Å². The van der Waals surface area contributed by atoms with Crippen LogP contribution >= 0.6 is 15.8 Å². The van der Waals surface area contributed by atoms with Gasteiger partial charge in [-0.25, -0.2) is 12.1 Å². The van der Waals surface area contributed by atoms with Gasteiger partial charge in [-0.1, -0.05) is 135 Å². The third-order valence-electron chi connectivity index (χ3n) is 6.25. The van der Waals surface area contributed by atoms with Crippen molar-refractivity contribution in [1.29, 1.82) is 0 Å². The summed E-state index contributed by atoms with van der Waals surface area (Å²) >= 11 is 0. The Kier molecular flexibility index (Phi) is 10.9. The van der Waals surface area contributed by atoms with E-state index in [2.05, 4.69) is 170 Å². The van der Waals surface area contributed by atoms with Crippen LogP contribution in [-0.4, -0.2) is 0 Å². The van der Waals surface area contributed by atoms with Gasteiger partial charge < -0.3 is 0 Å². The van der Waals surface area contributed by atoms with Crippen molar-refractivity contribution < 1.29 is 17.1 Å². The van der Waals surface area contributed by atoms with Crippen molar-refractivity contribution in [2.75, 3.05) is 0 Å². The first kappa shape index (κ1) is 28.7. The molecular weight excluding hydrogens is 550 g/mol. The molecule has 0 bridgehead atoms. The molecule has 0 saturated carbocycles. The molecule has 39 heavy (non-hydrogen) atoms. The Morgan fingerprint density at radius 2 is 0.872 bits per heavy atom. The molecule has 0 unspecified atom stereocenters. The van der Waals surface area contributed by atoms with Crippen LogP contribution in [0.25, 0.3) is 6.08 Å². The minimum Gasteiger partial charge on any atom is -0.213 e. The molecule has 0 spiro atoms. The van der Waals surface area contributed by atoms with Gasteiger partial charge in [-0.05, 0) is 29.1 Å². The van der Waals surface area contributed by atoms with E-state index in [0.29, 0.717) is 0 Å². The van der Waals surface area contributed by atoms with Crippen molar-refractivity contribution in [2.45, 2.75) is 0 Å². The Balaban J connectivity index is 0.000000177. The molecule has 0 radical (unpaired) electrons. The maximum absolute atomic E-state index is 3.94. The fraction of sp³-hybridized carbons (Fsp3) is 0. The van der Waals surface area contributed by atoms with Gasteiger partial charge in [0.15, 0.2) is 0 Å². The summed E-state index contributed by atoms with van der Waals surface area (Å²) in [6.45, 7) is 3.94. The Hall–Kier alpha value is -3.30. The average Bonchev–Trinajstić information content (AvgIpc) is 3.69. The molecule has 6 aromatic carbocycles. The van der Waals surface area contributed by atoms with Gasteiger partial charge in [0, 0.05) is 0 Å². The van der Waals surface area contributed by atoms with E-state index in [9.17, 15) is 0 Å². The monoisotopic (exact) mass is 580 g/mol. The van der Waals surface area contributed by atoms with E-state index < -0.39 is 15.8 Å². The van der Waals surface area contributed by atoms with Crippen LogP contribution < -0.4 is 31.8 Å². The predicted molar refractivity (Wildman–Crippen MR) is 172 cm³/mol. The second-order valence-electron chi connectivity index (χ2n) is 8.73. The van der Waals surface area contributed by atoms with Gasteiger partial charge in [-0.2, -0.15) is 30.8 Å². The van der Waals surface area contributed by atoms with Gasteiger partial charge in [-0.3, -0.25) is 0 Å². The fourth-order valence-corrected chi connectivity index (χ4v) is 9.26. The van der Waals surface area contributed by atoms with Crippen LogP contribution in [0.15, 0.2) is 170 Å². The predicted octanol–water partition coefficient (Wildman–Crippen LogP) is 6.97. The first-order valence-corrected chi connectivity index (χ1v) is 15.4. The zero-order valence-corrected chi connectivity index (χ0v) is 24.5. The van der Waals surface area contributed by atoms with Crippen molar-refractivity contribution in [1.82, 2.24) is 0 Å². The molecule has 0 fully saturated rings. The van der Waals surface area contributed by atoms with E-state index in [1.165, 1.54) is 37.4 Å². The molecule has 0 saturated heterocycles. The van der Waals surface area contributed by atoms with Crippen molar-refractivity contribution in [3.63, 3.8) is 0 Å². The maximum atomic E-state index is 3.94. The summed E-state index contributed by atoms with van der Waals surface area (Å²) in [6, 6.07) is 58.2. The standard InChI is InChI=1S/C19H16P.C17H14P.Fe/c1-2-16-10-9-15-19(16)20(17-11-5-3-6-12-17)18-13-7-4-8-14-18;1-3-9-15(10-4-1)18(17-13-7-8-14-17)16-11-5-2-6-12-16;/h2-15H,1H2;1-14H;/q2*-1;+2. The van der Waals surface area contributed by atoms with Crippen LogP contribution in [0, 0.1) is 0 Å². The van der Waals surface area contributed by atoms with Gasteiger partial charge in [0.1, 0.15) is 0 Å². The molecular formula is C36H30FeP2. The third-order valence-corrected chi connectivity index (χ3v) is 11.2. The van der Waals surface area contributed by atoms with Crippen molar-refractivity contribution in [2.24, 2.45) is 0 Å². The summed E-state index contributed by atoms with van der Waals surface area (Å²) in [5.74, 6) is 0. The van der Waals surface area contributed by atoms with Crippen molar-refractivity contribution in [3.8, 4) is 0 Å². The molecule has 6 aromatic rings. The quantitative estimate of drug-likeness (QED) is 0.109. The second-order valence-corrected chi connectivity index (χ2v) is 13.1. The van der Waals surface area contributed by atoms with Crippen molar-refractivity contribution in [3.05, 3.63) is 176 Å². The number of hydrogen-bond donors (Lipinski definition) is 0. The summed E-state index contributed by atoms with van der Waals surface area (Å²) in [5, 5.41) is 8.37. The fourth-order valence-electron chi connectivity index (χ4n) is 4.50. The first-order valence-electron chi connectivity index (χ1n) is 12.8. The minimum absolute atomic E-state index is 0. The molecule has 0 aliphatic heterocycles. The maximum Gasteiger partial charge on any atom is 2.00 e. The average molecular weight is 580 g/mol. The Labute approximate surface area is 245 Å². The topological polar surface area (TPSA) is 0 Å². The van der Waals surface area contributed by atoms with E-state index in [0.717, 1.165) is 0 Å². The minimum atomic E-state index is -0.507. The smallest absolute Gasteiger partial charge is 0.213 e. The number of hydrogen-bond acceptors (Lipinski definition) is 0. The molecule has 0 atom stereocenters. The molecule has 3 heteroatoms. The summed E-state index contributed by atoms with van der Waals surface area (Å²) in [6.07, 6.45) is 1.95. The molecule has 192 valence electrons. The molecule has 6 rings (SSSR count). The summed E-state index contributed by atoms with van der Waals surface area (Å²) < 4.78 is 0. The van der Waals surface area contributed by atoms with E-state index >= 15 is 0 Å². The van der Waals surface area contributed by atoms with Crippen LogP contribution in [0.1, 0.15) is 5.56 Å². The molecule has 0 aromatic heterocycles. The molecule has 0 nitrogen and oxygen atoms in total. The van der Waals surface area contributed by atoms with Crippen LogP contribution in [0.3, 0.4) is 0 Å². The van der Waals surface area contributed by atoms with Gasteiger partial charge in [0.25, 0.3) is 0 Å². The normalized spacial score (nSPS) is 10.4. The van der Waals surface area contributed by atoms with E-state index in [1.54, 1.807) is 0 Å². The van der Waals surface area contributed by atoms with Gasteiger partial charge in [-0.15, -0.1) is 23.0 Å². The zero-order chi connectivity index (χ0) is 26.0. The summed E-state index contributed by atoms with van der Waals surface area (Å²) in [7, 11) is -0.916. The summed E-state index contributed by atoms with van der Waals surface area (Å²) in [4.78, 5) is 0. The largest absolute Gasteiger partial charge is 2.00 e.